The first kappa shape index (κ1) is 27.2. The summed E-state index contributed by atoms with van der Waals surface area (Å²) in [5, 5.41) is 19.1. The van der Waals surface area contributed by atoms with E-state index in [1.165, 1.54) is 12.8 Å². The van der Waals surface area contributed by atoms with E-state index in [2.05, 4.69) is 13.2 Å². The molecule has 166 valence electrons. The van der Waals surface area contributed by atoms with Crippen LogP contribution in [0, 0.1) is 0 Å². The van der Waals surface area contributed by atoms with Gasteiger partial charge < -0.3 is 29.5 Å². The molecule has 2 aliphatic heterocycles. The van der Waals surface area contributed by atoms with E-state index in [1.54, 1.807) is 0 Å². The van der Waals surface area contributed by atoms with Crippen molar-refractivity contribution in [3.8, 4) is 0 Å². The Kier molecular flexibility index (Phi) is 16.7. The van der Waals surface area contributed by atoms with Crippen LogP contribution in [0.25, 0.3) is 0 Å². The largest absolute Gasteiger partial charge is 0.392 e. The zero-order valence-electron chi connectivity index (χ0n) is 18.6. The van der Waals surface area contributed by atoms with Crippen molar-refractivity contribution in [1.82, 2.24) is 9.80 Å². The van der Waals surface area contributed by atoms with Crippen LogP contribution in [0.2, 0.25) is 0 Å². The van der Waals surface area contributed by atoms with E-state index >= 15 is 0 Å². The van der Waals surface area contributed by atoms with Crippen LogP contribution in [0.1, 0.15) is 38.5 Å². The number of aliphatic hydroxyl groups excluding tert-OH is 2. The third kappa shape index (κ3) is 21.5. The van der Waals surface area contributed by atoms with Crippen LogP contribution in [-0.4, -0.2) is 98.9 Å². The maximum absolute atomic E-state index is 9.54. The van der Waals surface area contributed by atoms with Crippen LogP contribution < -0.4 is 0 Å². The van der Waals surface area contributed by atoms with Gasteiger partial charge in [-0.3, -0.25) is 0 Å². The predicted octanol–water partition coefficient (Wildman–Crippen LogP) is 2.31. The minimum atomic E-state index is -0.332. The summed E-state index contributed by atoms with van der Waals surface area (Å²) < 4.78 is 10.1. The molecule has 2 saturated heterocycles. The number of likely N-dealkylation sites (N-methyl/N-ethyl adjacent to an activating group) is 2. The number of aliphatic hydroxyl groups is 2. The van der Waals surface area contributed by atoms with Gasteiger partial charge in [0.25, 0.3) is 0 Å². The van der Waals surface area contributed by atoms with Gasteiger partial charge in [0.05, 0.1) is 37.6 Å². The van der Waals surface area contributed by atoms with Crippen LogP contribution in [0.5, 0.6) is 0 Å². The molecule has 0 aromatic carbocycles. The molecule has 2 rings (SSSR count). The molecule has 28 heavy (non-hydrogen) atoms. The van der Waals surface area contributed by atoms with E-state index < -0.39 is 0 Å². The molecule has 0 aliphatic carbocycles. The van der Waals surface area contributed by atoms with Gasteiger partial charge in [-0.25, -0.2) is 0 Å². The molecule has 0 saturated carbocycles. The minimum Gasteiger partial charge on any atom is -0.392 e. The molecule has 0 amide bonds. The van der Waals surface area contributed by atoms with Gasteiger partial charge in [-0.1, -0.05) is 12.2 Å². The summed E-state index contributed by atoms with van der Waals surface area (Å²) in [5.41, 5.74) is 0. The van der Waals surface area contributed by atoms with Crippen LogP contribution in [0.4, 0.5) is 0 Å². The zero-order valence-corrected chi connectivity index (χ0v) is 18.6. The third-order valence-electron chi connectivity index (χ3n) is 4.18. The van der Waals surface area contributed by atoms with E-state index in [4.69, 9.17) is 9.47 Å². The van der Waals surface area contributed by atoms with Crippen molar-refractivity contribution >= 4 is 0 Å². The standard InChI is InChI=1S/C10H24N2O2.C6H10O2.C6H10/c1-11(2)7-9(13)5-6-10(14)8-12(3)4;1(5-3-7-5)2-6-4-8-6;1-3-5-6-4-2/h9-10,13-14H,5-8H2,1-4H3;5-6H,1-4H2;3-4H,1-2,5-6H2. The summed E-state index contributed by atoms with van der Waals surface area (Å²) in [4.78, 5) is 3.89. The quantitative estimate of drug-likeness (QED) is 0.281. The average molecular weight is 401 g/mol. The fourth-order valence-electron chi connectivity index (χ4n) is 2.49. The first-order chi connectivity index (χ1) is 13.3. The lowest BCUT2D eigenvalue weighted by atomic mass is 10.1. The smallest absolute Gasteiger partial charge is 0.0810 e. The molecule has 6 nitrogen and oxygen atoms in total. The van der Waals surface area contributed by atoms with Crippen molar-refractivity contribution in [1.29, 1.82) is 0 Å². The molecule has 2 aliphatic rings. The Hall–Kier alpha value is -0.760. The number of allylic oxidation sites excluding steroid dienone is 2. The number of nitrogens with zero attached hydrogens (tertiary/aromatic N) is 2. The SMILES string of the molecule is C(CC1CO1)C1CO1.C=CCCC=C.CN(C)CC(O)CCC(O)CN(C)C. The molecule has 0 radical (unpaired) electrons. The normalized spacial score (nSPS) is 21.7. The highest BCUT2D eigenvalue weighted by Gasteiger charge is 2.28. The van der Waals surface area contributed by atoms with Gasteiger partial charge in [0, 0.05) is 13.1 Å². The lowest BCUT2D eigenvalue weighted by Crippen LogP contribution is -2.29. The molecular weight excluding hydrogens is 356 g/mol. The van der Waals surface area contributed by atoms with E-state index in [0.717, 1.165) is 26.1 Å². The summed E-state index contributed by atoms with van der Waals surface area (Å²) in [6.45, 7) is 10.4. The van der Waals surface area contributed by atoms with Crippen LogP contribution in [0.15, 0.2) is 25.3 Å². The van der Waals surface area contributed by atoms with Crippen molar-refractivity contribution in [2.45, 2.75) is 62.9 Å². The number of hydrogen-bond donors (Lipinski definition) is 2. The highest BCUT2D eigenvalue weighted by atomic mass is 16.6. The molecule has 0 aromatic heterocycles. The summed E-state index contributed by atoms with van der Waals surface area (Å²) >= 11 is 0. The summed E-state index contributed by atoms with van der Waals surface area (Å²) in [6, 6.07) is 0. The maximum Gasteiger partial charge on any atom is 0.0810 e. The number of hydrogen-bond acceptors (Lipinski definition) is 6. The highest BCUT2D eigenvalue weighted by molar-refractivity contribution is 4.76. The summed E-state index contributed by atoms with van der Waals surface area (Å²) in [6.07, 6.45) is 10.2. The number of unbranched alkanes of at least 4 members (excludes halogenated alkanes) is 1. The van der Waals surface area contributed by atoms with Crippen LogP contribution in [-0.2, 0) is 9.47 Å². The molecule has 4 atom stereocenters. The maximum atomic E-state index is 9.54. The lowest BCUT2D eigenvalue weighted by Gasteiger charge is -2.19. The number of epoxide rings is 2. The zero-order chi connectivity index (χ0) is 21.4. The molecular formula is C22H44N2O4. The van der Waals surface area contributed by atoms with Gasteiger partial charge in [-0.05, 0) is 66.7 Å². The van der Waals surface area contributed by atoms with Crippen molar-refractivity contribution in [2.24, 2.45) is 0 Å². The lowest BCUT2D eigenvalue weighted by molar-refractivity contribution is 0.0831. The summed E-state index contributed by atoms with van der Waals surface area (Å²) in [5.74, 6) is 0. The fraction of sp³-hybridized carbons (Fsp3) is 0.818. The minimum absolute atomic E-state index is 0.332. The Morgan fingerprint density at radius 3 is 1.36 bits per heavy atom. The first-order valence-corrected chi connectivity index (χ1v) is 10.4. The topological polar surface area (TPSA) is 72.0 Å². The monoisotopic (exact) mass is 400 g/mol. The third-order valence-corrected chi connectivity index (χ3v) is 4.18. The molecule has 2 N–H and O–H groups in total. The number of rotatable bonds is 13. The van der Waals surface area contributed by atoms with Gasteiger partial charge in [0.2, 0.25) is 0 Å². The fourth-order valence-corrected chi connectivity index (χ4v) is 2.49. The van der Waals surface area contributed by atoms with Gasteiger partial charge in [-0.2, -0.15) is 0 Å². The van der Waals surface area contributed by atoms with Gasteiger partial charge in [-0.15, -0.1) is 13.2 Å². The Bertz CT molecular complexity index is 347. The van der Waals surface area contributed by atoms with Crippen LogP contribution >= 0.6 is 0 Å². The Labute approximate surface area is 172 Å². The Morgan fingerprint density at radius 1 is 0.821 bits per heavy atom. The molecule has 6 heteroatoms. The van der Waals surface area contributed by atoms with Crippen molar-refractivity contribution < 1.29 is 19.7 Å². The molecule has 2 heterocycles. The first-order valence-electron chi connectivity index (χ1n) is 10.4. The predicted molar refractivity (Wildman–Crippen MR) is 117 cm³/mol. The second kappa shape index (κ2) is 17.1. The molecule has 0 spiro atoms. The Morgan fingerprint density at radius 2 is 1.14 bits per heavy atom. The van der Waals surface area contributed by atoms with E-state index in [9.17, 15) is 10.2 Å². The van der Waals surface area contributed by atoms with Crippen molar-refractivity contribution in [2.75, 3.05) is 54.5 Å². The van der Waals surface area contributed by atoms with Gasteiger partial charge >= 0.3 is 0 Å². The van der Waals surface area contributed by atoms with Crippen molar-refractivity contribution in [3.63, 3.8) is 0 Å². The van der Waals surface area contributed by atoms with Crippen LogP contribution in [0.3, 0.4) is 0 Å². The number of ether oxygens (including phenoxy) is 2. The molecule has 4 unspecified atom stereocenters. The van der Waals surface area contributed by atoms with Crippen molar-refractivity contribution in [3.05, 3.63) is 25.3 Å². The Balaban J connectivity index is 0.000000434. The molecule has 0 aromatic rings. The molecule has 0 bridgehead atoms. The second-order valence-corrected chi connectivity index (χ2v) is 8.05. The van der Waals surface area contributed by atoms with Gasteiger partial charge in [0.15, 0.2) is 0 Å². The summed E-state index contributed by atoms with van der Waals surface area (Å²) in [7, 11) is 7.72. The second-order valence-electron chi connectivity index (χ2n) is 8.05. The van der Waals surface area contributed by atoms with E-state index in [0.29, 0.717) is 38.1 Å². The average Bonchev–Trinajstić information content (AvgIpc) is 3.50. The molecule has 2 fully saturated rings. The highest BCUT2D eigenvalue weighted by Crippen LogP contribution is 2.22. The van der Waals surface area contributed by atoms with E-state index in [1.807, 2.05) is 50.1 Å². The van der Waals surface area contributed by atoms with E-state index in [-0.39, 0.29) is 12.2 Å². The van der Waals surface area contributed by atoms with Gasteiger partial charge in [0.1, 0.15) is 0 Å².